The molecule has 0 aliphatic heterocycles. The summed E-state index contributed by atoms with van der Waals surface area (Å²) < 4.78 is 2.08. The zero-order valence-corrected chi connectivity index (χ0v) is 19.0. The van der Waals surface area contributed by atoms with Crippen LogP contribution >= 0.6 is 11.3 Å². The third-order valence-corrected chi connectivity index (χ3v) is 5.91. The monoisotopic (exact) mass is 524 g/mol. The minimum Gasteiger partial charge on any atom is -0.497 e. The highest BCUT2D eigenvalue weighted by atomic mass is 32.1. The Hall–Kier alpha value is -5.51. The van der Waals surface area contributed by atoms with Crippen LogP contribution in [-0.4, -0.2) is 34.2 Å². The molecule has 0 saturated heterocycles. The molecule has 37 heavy (non-hydrogen) atoms. The van der Waals surface area contributed by atoms with Gasteiger partial charge in [0, 0.05) is 17.5 Å². The van der Waals surface area contributed by atoms with Gasteiger partial charge in [0.1, 0.15) is 0 Å². The molecule has 5 aromatic rings. The number of hydrogen-bond donors (Lipinski definition) is 1. The van der Waals surface area contributed by atoms with E-state index < -0.39 is 37.6 Å². The van der Waals surface area contributed by atoms with Gasteiger partial charge >= 0.3 is 11.4 Å². The SMILES string of the molecule is O=[N+]([O-])c1cc([N+](=O)[O-])c(O)c([N+](=O)[O-])c1.O=[N+]([O-])c1ccc(-c2csc3nc4ccccc4n23)cc1. The van der Waals surface area contributed by atoms with Crippen molar-refractivity contribution in [2.75, 3.05) is 0 Å². The van der Waals surface area contributed by atoms with Crippen LogP contribution in [0.25, 0.3) is 27.3 Å². The second-order valence-corrected chi connectivity index (χ2v) is 8.08. The van der Waals surface area contributed by atoms with Gasteiger partial charge in [-0.3, -0.25) is 44.9 Å². The summed E-state index contributed by atoms with van der Waals surface area (Å²) >= 11 is 1.56. The summed E-state index contributed by atoms with van der Waals surface area (Å²) in [6.45, 7) is 0. The van der Waals surface area contributed by atoms with Crippen LogP contribution in [0.4, 0.5) is 22.7 Å². The van der Waals surface area contributed by atoms with Crippen LogP contribution in [0.5, 0.6) is 5.75 Å². The number of imidazole rings is 1. The van der Waals surface area contributed by atoms with Crippen molar-refractivity contribution in [2.24, 2.45) is 0 Å². The third kappa shape index (κ3) is 4.71. The standard InChI is InChI=1S/C15H9N3O2S.C6H3N3O7/c19-18(20)11-7-5-10(6-8-11)14-9-21-15-16-12-3-1-2-4-13(12)17(14)15;10-6-4(8(13)14)1-3(7(11)12)2-5(6)9(15)16/h1-9H;1-2,10H. The Balaban J connectivity index is 0.000000181. The molecule has 0 amide bonds. The van der Waals surface area contributed by atoms with Gasteiger partial charge in [0.25, 0.3) is 17.1 Å². The Morgan fingerprint density at radius 2 is 1.32 bits per heavy atom. The van der Waals surface area contributed by atoms with Crippen LogP contribution < -0.4 is 0 Å². The second-order valence-electron chi connectivity index (χ2n) is 7.25. The number of rotatable bonds is 5. The van der Waals surface area contributed by atoms with Gasteiger partial charge in [0.2, 0.25) is 0 Å². The molecule has 2 heterocycles. The zero-order valence-electron chi connectivity index (χ0n) is 18.2. The molecule has 15 nitrogen and oxygen atoms in total. The van der Waals surface area contributed by atoms with Gasteiger partial charge in [0.05, 0.1) is 48.6 Å². The number of hydrogen-bond acceptors (Lipinski definition) is 11. The highest BCUT2D eigenvalue weighted by molar-refractivity contribution is 7.15. The fourth-order valence-corrected chi connectivity index (χ4v) is 4.31. The summed E-state index contributed by atoms with van der Waals surface area (Å²) in [5, 5.41) is 53.0. The molecule has 16 heteroatoms. The van der Waals surface area contributed by atoms with Crippen molar-refractivity contribution < 1.29 is 24.8 Å². The number of thiazole rings is 1. The summed E-state index contributed by atoms with van der Waals surface area (Å²) in [5.41, 5.74) is 1.03. The lowest BCUT2D eigenvalue weighted by atomic mass is 10.1. The van der Waals surface area contributed by atoms with Gasteiger partial charge in [-0.25, -0.2) is 4.98 Å². The molecule has 0 aliphatic carbocycles. The fourth-order valence-electron chi connectivity index (χ4n) is 3.40. The van der Waals surface area contributed by atoms with Crippen LogP contribution in [0.15, 0.2) is 66.0 Å². The van der Waals surface area contributed by atoms with Gasteiger partial charge < -0.3 is 5.11 Å². The maximum absolute atomic E-state index is 10.7. The number of fused-ring (bicyclic) bond motifs is 3. The molecule has 0 atom stereocenters. The molecule has 0 bridgehead atoms. The van der Waals surface area contributed by atoms with E-state index in [1.165, 1.54) is 12.1 Å². The van der Waals surface area contributed by atoms with Crippen molar-refractivity contribution in [1.82, 2.24) is 9.38 Å². The molecule has 0 unspecified atom stereocenters. The topological polar surface area (TPSA) is 210 Å². The smallest absolute Gasteiger partial charge is 0.324 e. The maximum atomic E-state index is 10.7. The van der Waals surface area contributed by atoms with Gasteiger partial charge in [-0.15, -0.1) is 11.3 Å². The first-order chi connectivity index (χ1) is 17.6. The Morgan fingerprint density at radius 3 is 1.86 bits per heavy atom. The molecule has 3 aromatic carbocycles. The maximum Gasteiger partial charge on any atom is 0.324 e. The summed E-state index contributed by atoms with van der Waals surface area (Å²) in [6.07, 6.45) is 0. The molecular weight excluding hydrogens is 512 g/mol. The zero-order chi connectivity index (χ0) is 26.9. The number of aromatic hydroxyl groups is 1. The van der Waals surface area contributed by atoms with Crippen molar-refractivity contribution in [3.8, 4) is 17.0 Å². The van der Waals surface area contributed by atoms with Crippen molar-refractivity contribution >= 4 is 50.1 Å². The number of nitro benzene ring substituents is 4. The highest BCUT2D eigenvalue weighted by Crippen LogP contribution is 2.39. The van der Waals surface area contributed by atoms with Crippen molar-refractivity contribution in [3.05, 3.63) is 107 Å². The number of phenolic OH excluding ortho intramolecular Hbond substituents is 1. The highest BCUT2D eigenvalue weighted by Gasteiger charge is 2.30. The van der Waals surface area contributed by atoms with Crippen molar-refractivity contribution in [3.63, 3.8) is 0 Å². The minimum absolute atomic E-state index is 0.0979. The Labute approximate surface area is 208 Å². The average Bonchev–Trinajstić information content (AvgIpc) is 3.43. The van der Waals surface area contributed by atoms with Gasteiger partial charge in [-0.2, -0.15) is 0 Å². The van der Waals surface area contributed by atoms with Gasteiger partial charge in [-0.05, 0) is 29.8 Å². The van der Waals surface area contributed by atoms with E-state index in [9.17, 15) is 40.5 Å². The predicted molar refractivity (Wildman–Crippen MR) is 131 cm³/mol. The molecular formula is C21H12N6O9S. The fraction of sp³-hybridized carbons (Fsp3) is 0. The summed E-state index contributed by atoms with van der Waals surface area (Å²) in [5.74, 6) is -1.21. The lowest BCUT2D eigenvalue weighted by Gasteiger charge is -2.01. The first-order valence-electron chi connectivity index (χ1n) is 9.98. The van der Waals surface area contributed by atoms with E-state index >= 15 is 0 Å². The van der Waals surface area contributed by atoms with E-state index in [-0.39, 0.29) is 10.6 Å². The van der Waals surface area contributed by atoms with E-state index in [0.717, 1.165) is 27.3 Å². The summed E-state index contributed by atoms with van der Waals surface area (Å²) in [4.78, 5) is 43.6. The van der Waals surface area contributed by atoms with Crippen LogP contribution in [0.1, 0.15) is 0 Å². The first-order valence-corrected chi connectivity index (χ1v) is 10.9. The molecule has 1 N–H and O–H groups in total. The van der Waals surface area contributed by atoms with Crippen LogP contribution in [0, 0.1) is 40.5 Å². The largest absolute Gasteiger partial charge is 0.497 e. The first kappa shape index (κ1) is 24.6. The Bertz CT molecular complexity index is 1680. The molecule has 0 fully saturated rings. The van der Waals surface area contributed by atoms with E-state index in [1.807, 2.05) is 29.6 Å². The number of para-hydroxylation sites is 2. The predicted octanol–water partition coefficient (Wildman–Crippen LogP) is 5.24. The van der Waals surface area contributed by atoms with Crippen LogP contribution in [-0.2, 0) is 0 Å². The number of benzene rings is 3. The minimum atomic E-state index is -1.21. The van der Waals surface area contributed by atoms with Crippen molar-refractivity contribution in [1.29, 1.82) is 0 Å². The number of phenols is 1. The van der Waals surface area contributed by atoms with Gasteiger partial charge in [0.15, 0.2) is 4.96 Å². The number of non-ortho nitro benzene ring substituents is 2. The van der Waals surface area contributed by atoms with Crippen LogP contribution in [0.3, 0.4) is 0 Å². The normalized spacial score (nSPS) is 10.6. The van der Waals surface area contributed by atoms with Gasteiger partial charge in [-0.1, -0.05) is 12.1 Å². The lowest BCUT2D eigenvalue weighted by molar-refractivity contribution is -0.404. The molecule has 0 aliphatic rings. The summed E-state index contributed by atoms with van der Waals surface area (Å²) in [6, 6.07) is 15.4. The third-order valence-electron chi connectivity index (χ3n) is 5.08. The molecule has 5 rings (SSSR count). The second kappa shape index (κ2) is 9.62. The molecule has 0 spiro atoms. The molecule has 0 radical (unpaired) electrons. The average molecular weight is 524 g/mol. The summed E-state index contributed by atoms with van der Waals surface area (Å²) in [7, 11) is 0. The molecule has 0 saturated carbocycles. The van der Waals surface area contributed by atoms with E-state index in [4.69, 9.17) is 5.11 Å². The quantitative estimate of drug-likeness (QED) is 0.233. The van der Waals surface area contributed by atoms with E-state index in [1.54, 1.807) is 23.5 Å². The molecule has 186 valence electrons. The lowest BCUT2D eigenvalue weighted by Crippen LogP contribution is -1.97. The van der Waals surface area contributed by atoms with Crippen LogP contribution in [0.2, 0.25) is 0 Å². The van der Waals surface area contributed by atoms with E-state index in [2.05, 4.69) is 9.38 Å². The number of nitrogens with zero attached hydrogens (tertiary/aromatic N) is 6. The Kier molecular flexibility index (Phi) is 6.40. The van der Waals surface area contributed by atoms with E-state index in [0.29, 0.717) is 12.1 Å². The molecule has 2 aromatic heterocycles. The van der Waals surface area contributed by atoms with Crippen molar-refractivity contribution in [2.45, 2.75) is 0 Å². The number of nitro groups is 4. The Morgan fingerprint density at radius 1 is 0.757 bits per heavy atom. The number of aromatic nitrogens is 2.